The molecule has 5 heavy (non-hydrogen) atoms. The first kappa shape index (κ1) is 4.09. The van der Waals surface area contributed by atoms with Gasteiger partial charge in [0.2, 0.25) is 0 Å². The Bertz CT molecular complexity index is 34.6. The molecule has 0 spiro atoms. The van der Waals surface area contributed by atoms with E-state index < -0.39 is 0 Å². The minimum absolute atomic E-state index is 0.391. The lowest BCUT2D eigenvalue weighted by Crippen LogP contribution is -2.03. The van der Waals surface area contributed by atoms with Gasteiger partial charge in [-0.05, 0) is 6.92 Å². The molecule has 1 fully saturated rings. The molecule has 0 atom stereocenters. The van der Waals surface area contributed by atoms with E-state index in [1.165, 1.54) is 0 Å². The molecule has 0 saturated carbocycles. The lowest BCUT2D eigenvalue weighted by molar-refractivity contribution is 1.44. The highest BCUT2D eigenvalue weighted by molar-refractivity contribution is 8.63. The fourth-order valence-corrected chi connectivity index (χ4v) is 5.51. The number of hydrogen-bond donors (Lipinski definition) is 0. The van der Waals surface area contributed by atoms with Gasteiger partial charge in [-0.15, -0.1) is 0 Å². The van der Waals surface area contributed by atoms with Gasteiger partial charge in [-0.2, -0.15) is 22.4 Å². The lowest BCUT2D eigenvalue weighted by atomic mass is 11.0. The van der Waals surface area contributed by atoms with E-state index in [-0.39, 0.29) is 0 Å². The Kier molecular flexibility index (Phi) is 1.29. The van der Waals surface area contributed by atoms with Gasteiger partial charge in [0, 0.05) is 4.58 Å². The van der Waals surface area contributed by atoms with Crippen molar-refractivity contribution >= 4 is 30.2 Å². The van der Waals surface area contributed by atoms with Crippen LogP contribution in [0.25, 0.3) is 0 Å². The molecule has 0 bridgehead atoms. The van der Waals surface area contributed by atoms with Gasteiger partial charge < -0.3 is 0 Å². The molecule has 0 aliphatic carbocycles. The molecule has 1 heterocycles. The van der Waals surface area contributed by atoms with E-state index in [2.05, 4.69) is 29.3 Å². The highest BCUT2D eigenvalue weighted by Crippen LogP contribution is 2.34. The molecule has 1 saturated heterocycles. The summed E-state index contributed by atoms with van der Waals surface area (Å²) in [6.07, 6.45) is 0. The summed E-state index contributed by atoms with van der Waals surface area (Å²) >= 11 is 4.32. The summed E-state index contributed by atoms with van der Waals surface area (Å²) in [5, 5.41) is 0. The van der Waals surface area contributed by atoms with Gasteiger partial charge in [-0.3, -0.25) is 0 Å². The van der Waals surface area contributed by atoms with Gasteiger partial charge in [0.1, 0.15) is 7.82 Å². The van der Waals surface area contributed by atoms with E-state index >= 15 is 0 Å². The Hall–Kier alpha value is 0.917. The standard InChI is InChI=1S/C2H6S2Si/c1-2-3-5-4-2/h2H,5H2,1H3. The maximum absolute atomic E-state index is 2.27. The summed E-state index contributed by atoms with van der Waals surface area (Å²) in [7, 11) is 0.391. The minimum atomic E-state index is 0.391. The Labute approximate surface area is 42.2 Å². The zero-order valence-electron chi connectivity index (χ0n) is 3.10. The van der Waals surface area contributed by atoms with Crippen molar-refractivity contribution in [1.82, 2.24) is 0 Å². The number of rotatable bonds is 0. The van der Waals surface area contributed by atoms with E-state index in [9.17, 15) is 0 Å². The normalized spacial score (nSPS) is 41.4. The van der Waals surface area contributed by atoms with Crippen molar-refractivity contribution in [3.63, 3.8) is 0 Å². The maximum atomic E-state index is 2.27. The molecule has 3 heteroatoms. The Morgan fingerprint density at radius 2 is 2.00 bits per heavy atom. The van der Waals surface area contributed by atoms with Crippen molar-refractivity contribution in [1.29, 1.82) is 0 Å². The molecule has 1 aliphatic rings. The van der Waals surface area contributed by atoms with Crippen LogP contribution >= 0.6 is 22.4 Å². The smallest absolute Gasteiger partial charge is 0.149 e. The molecular weight excluding hydrogens is 116 g/mol. The third-order valence-corrected chi connectivity index (χ3v) is 10.3. The second kappa shape index (κ2) is 1.58. The van der Waals surface area contributed by atoms with Gasteiger partial charge in [0.25, 0.3) is 0 Å². The summed E-state index contributed by atoms with van der Waals surface area (Å²) in [5.74, 6) is 0. The quantitative estimate of drug-likeness (QED) is 0.436. The lowest BCUT2D eigenvalue weighted by Gasteiger charge is -2.17. The van der Waals surface area contributed by atoms with E-state index in [1.807, 2.05) is 0 Å². The molecule has 0 unspecified atom stereocenters. The Morgan fingerprint density at radius 1 is 1.60 bits per heavy atom. The van der Waals surface area contributed by atoms with Crippen LogP contribution in [0.3, 0.4) is 0 Å². The van der Waals surface area contributed by atoms with Gasteiger partial charge in [0.15, 0.2) is 0 Å². The highest BCUT2D eigenvalue weighted by Gasteiger charge is 2.11. The SMILES string of the molecule is CC1S[SiH2]S1. The molecule has 0 nitrogen and oxygen atoms in total. The molecule has 1 rings (SSSR count). The fourth-order valence-electron chi connectivity index (χ4n) is 0.204. The Balaban J connectivity index is 2.08. The van der Waals surface area contributed by atoms with Crippen LogP contribution in [0.15, 0.2) is 0 Å². The summed E-state index contributed by atoms with van der Waals surface area (Å²) in [6.45, 7) is 2.27. The zero-order valence-corrected chi connectivity index (χ0v) is 6.15. The fraction of sp³-hybridized carbons (Fsp3) is 1.00. The summed E-state index contributed by atoms with van der Waals surface area (Å²) in [4.78, 5) is 0. The summed E-state index contributed by atoms with van der Waals surface area (Å²) < 4.78 is 0.960. The molecule has 0 N–H and O–H groups in total. The topological polar surface area (TPSA) is 0 Å². The second-order valence-corrected chi connectivity index (χ2v) is 8.46. The third kappa shape index (κ3) is 0.874. The number of hydrogen-bond acceptors (Lipinski definition) is 2. The first-order valence-corrected chi connectivity index (χ1v) is 7.19. The summed E-state index contributed by atoms with van der Waals surface area (Å²) in [6, 6.07) is 0. The van der Waals surface area contributed by atoms with Crippen LogP contribution in [0.4, 0.5) is 0 Å². The average molecular weight is 122 g/mol. The van der Waals surface area contributed by atoms with Gasteiger partial charge >= 0.3 is 0 Å². The first-order valence-electron chi connectivity index (χ1n) is 1.63. The van der Waals surface area contributed by atoms with Crippen LogP contribution in [-0.2, 0) is 0 Å². The van der Waals surface area contributed by atoms with Gasteiger partial charge in [-0.1, -0.05) is 0 Å². The molecule has 0 amide bonds. The van der Waals surface area contributed by atoms with Crippen molar-refractivity contribution in [2.45, 2.75) is 11.5 Å². The van der Waals surface area contributed by atoms with Crippen LogP contribution in [-0.4, -0.2) is 12.4 Å². The maximum Gasteiger partial charge on any atom is 0.149 e. The average Bonchev–Trinajstić information content (AvgIpc) is 1.30. The van der Waals surface area contributed by atoms with Gasteiger partial charge in [0.05, 0.1) is 0 Å². The van der Waals surface area contributed by atoms with E-state index in [1.54, 1.807) is 0 Å². The van der Waals surface area contributed by atoms with Crippen molar-refractivity contribution in [3.05, 3.63) is 0 Å². The molecule has 1 aliphatic heterocycles. The molecule has 30 valence electrons. The van der Waals surface area contributed by atoms with Crippen molar-refractivity contribution < 1.29 is 0 Å². The van der Waals surface area contributed by atoms with Crippen molar-refractivity contribution in [2.24, 2.45) is 0 Å². The van der Waals surface area contributed by atoms with Crippen molar-refractivity contribution in [3.8, 4) is 0 Å². The minimum Gasteiger partial charge on any atom is -0.167 e. The van der Waals surface area contributed by atoms with Crippen LogP contribution in [0.2, 0.25) is 0 Å². The predicted octanol–water partition coefficient (Wildman–Crippen LogP) is 0.811. The third-order valence-electron chi connectivity index (χ3n) is 0.605. The van der Waals surface area contributed by atoms with E-state index in [4.69, 9.17) is 0 Å². The largest absolute Gasteiger partial charge is 0.167 e. The van der Waals surface area contributed by atoms with Gasteiger partial charge in [-0.25, -0.2) is 0 Å². The van der Waals surface area contributed by atoms with Crippen LogP contribution in [0.1, 0.15) is 6.92 Å². The van der Waals surface area contributed by atoms with Crippen LogP contribution < -0.4 is 0 Å². The van der Waals surface area contributed by atoms with Crippen LogP contribution in [0, 0.1) is 0 Å². The molecule has 0 radical (unpaired) electrons. The second-order valence-electron chi connectivity index (χ2n) is 1.02. The highest BCUT2D eigenvalue weighted by atomic mass is 32.6. The molecule has 0 aromatic carbocycles. The van der Waals surface area contributed by atoms with Crippen molar-refractivity contribution in [2.75, 3.05) is 0 Å². The zero-order chi connectivity index (χ0) is 3.70. The van der Waals surface area contributed by atoms with Crippen LogP contribution in [0.5, 0.6) is 0 Å². The molecular formula is C2H6S2Si. The molecule has 0 aromatic heterocycles. The Morgan fingerprint density at radius 3 is 2.00 bits per heavy atom. The first-order chi connectivity index (χ1) is 2.39. The molecule has 0 aromatic rings. The monoisotopic (exact) mass is 122 g/mol. The van der Waals surface area contributed by atoms with E-state index in [0.29, 0.717) is 7.82 Å². The predicted molar refractivity (Wildman–Crippen MR) is 33.2 cm³/mol. The van der Waals surface area contributed by atoms with E-state index in [0.717, 1.165) is 4.58 Å². The summed E-state index contributed by atoms with van der Waals surface area (Å²) in [5.41, 5.74) is 0.